The van der Waals surface area contributed by atoms with Gasteiger partial charge in [-0.25, -0.2) is 0 Å². The Bertz CT molecular complexity index is 933. The number of nitro groups is 1. The van der Waals surface area contributed by atoms with Crippen molar-refractivity contribution in [2.45, 2.75) is 19.9 Å². The molecule has 0 saturated heterocycles. The Morgan fingerprint density at radius 3 is 2.32 bits per heavy atom. The monoisotopic (exact) mass is 449 g/mol. The summed E-state index contributed by atoms with van der Waals surface area (Å²) in [5.74, 6) is 0.173. The molecular formula is C21H24ClN3O6. The van der Waals surface area contributed by atoms with Crippen LogP contribution in [0.2, 0.25) is 5.02 Å². The predicted molar refractivity (Wildman–Crippen MR) is 116 cm³/mol. The minimum absolute atomic E-state index is 0.0496. The van der Waals surface area contributed by atoms with Crippen LogP contribution >= 0.6 is 11.6 Å². The summed E-state index contributed by atoms with van der Waals surface area (Å²) in [5.41, 5.74) is -0.176. The molecule has 0 radical (unpaired) electrons. The van der Waals surface area contributed by atoms with Gasteiger partial charge in [0.2, 0.25) is 5.91 Å². The first kappa shape index (κ1) is 23.9. The molecule has 0 heterocycles. The van der Waals surface area contributed by atoms with Crippen molar-refractivity contribution in [1.29, 1.82) is 0 Å². The summed E-state index contributed by atoms with van der Waals surface area (Å²) < 4.78 is 10.6. The van der Waals surface area contributed by atoms with Crippen LogP contribution in [0.3, 0.4) is 0 Å². The second-order valence-electron chi connectivity index (χ2n) is 6.93. The van der Waals surface area contributed by atoms with Crippen molar-refractivity contribution in [3.63, 3.8) is 0 Å². The van der Waals surface area contributed by atoms with Gasteiger partial charge in [-0.3, -0.25) is 19.7 Å². The van der Waals surface area contributed by atoms with Crippen LogP contribution in [0.1, 0.15) is 24.2 Å². The first-order chi connectivity index (χ1) is 14.7. The summed E-state index contributed by atoms with van der Waals surface area (Å²) in [7, 11) is 1.57. The second-order valence-corrected chi connectivity index (χ2v) is 7.34. The minimum atomic E-state index is -0.820. The summed E-state index contributed by atoms with van der Waals surface area (Å²) in [4.78, 5) is 35.3. The van der Waals surface area contributed by atoms with E-state index < -0.39 is 16.9 Å². The first-order valence-electron chi connectivity index (χ1n) is 9.52. The van der Waals surface area contributed by atoms with Gasteiger partial charge < -0.3 is 20.1 Å². The number of nitro benzene ring substituents is 1. The summed E-state index contributed by atoms with van der Waals surface area (Å²) in [6.45, 7) is 4.05. The van der Waals surface area contributed by atoms with Gasteiger partial charge in [0.05, 0.1) is 29.2 Å². The van der Waals surface area contributed by atoms with Crippen LogP contribution in [-0.4, -0.2) is 43.0 Å². The smallest absolute Gasteiger partial charge is 0.270 e. The van der Waals surface area contributed by atoms with Gasteiger partial charge in [0.25, 0.3) is 11.6 Å². The third-order valence-corrected chi connectivity index (χ3v) is 4.69. The third-order valence-electron chi connectivity index (χ3n) is 4.37. The van der Waals surface area contributed by atoms with Gasteiger partial charge in [-0.2, -0.15) is 0 Å². The maximum atomic E-state index is 12.6. The lowest BCUT2D eigenvalue weighted by Gasteiger charge is -2.22. The molecule has 0 aliphatic rings. The second kappa shape index (κ2) is 11.2. The lowest BCUT2D eigenvalue weighted by Crippen LogP contribution is -2.50. The van der Waals surface area contributed by atoms with Crippen molar-refractivity contribution >= 4 is 29.1 Å². The standard InChI is InChI=1S/C21H24ClN3O6/c1-13(2)19(24-20(26)17-9-4-14(25(28)29)12-18(17)22)21(27)23-10-11-31-16-7-5-15(30-3)6-8-16/h4-9,12-13,19H,10-11H2,1-3H3,(H,23,27)(H,24,26). The van der Waals surface area contributed by atoms with Gasteiger partial charge in [0.1, 0.15) is 24.1 Å². The zero-order valence-electron chi connectivity index (χ0n) is 17.4. The van der Waals surface area contributed by atoms with Crippen molar-refractivity contribution in [3.8, 4) is 11.5 Å². The molecule has 0 aromatic heterocycles. The number of hydrogen-bond acceptors (Lipinski definition) is 6. The normalized spacial score (nSPS) is 11.5. The largest absolute Gasteiger partial charge is 0.497 e. The zero-order valence-corrected chi connectivity index (χ0v) is 18.1. The lowest BCUT2D eigenvalue weighted by atomic mass is 10.0. The number of non-ortho nitro benzene ring substituents is 1. The summed E-state index contributed by atoms with van der Waals surface area (Å²) in [6.07, 6.45) is 0. The van der Waals surface area contributed by atoms with E-state index in [4.69, 9.17) is 21.1 Å². The van der Waals surface area contributed by atoms with Crippen molar-refractivity contribution in [1.82, 2.24) is 10.6 Å². The molecule has 0 saturated carbocycles. The number of amides is 2. The van der Waals surface area contributed by atoms with Crippen LogP contribution in [-0.2, 0) is 4.79 Å². The fourth-order valence-corrected chi connectivity index (χ4v) is 2.94. The molecule has 0 aliphatic carbocycles. The molecule has 1 atom stereocenters. The van der Waals surface area contributed by atoms with E-state index in [-0.39, 0.29) is 41.3 Å². The van der Waals surface area contributed by atoms with Crippen LogP contribution in [0.4, 0.5) is 5.69 Å². The average molecular weight is 450 g/mol. The topological polar surface area (TPSA) is 120 Å². The maximum absolute atomic E-state index is 12.6. The number of nitrogens with zero attached hydrogens (tertiary/aromatic N) is 1. The number of halogens is 1. The molecule has 0 fully saturated rings. The van der Waals surface area contributed by atoms with Crippen molar-refractivity contribution < 1.29 is 24.0 Å². The molecule has 2 aromatic rings. The minimum Gasteiger partial charge on any atom is -0.497 e. The van der Waals surface area contributed by atoms with E-state index in [1.54, 1.807) is 45.2 Å². The molecule has 166 valence electrons. The Morgan fingerprint density at radius 1 is 1.13 bits per heavy atom. The molecule has 0 aliphatic heterocycles. The number of carbonyl (C=O) groups is 2. The van der Waals surface area contributed by atoms with E-state index in [2.05, 4.69) is 10.6 Å². The fraction of sp³-hybridized carbons (Fsp3) is 0.333. The summed E-state index contributed by atoms with van der Waals surface area (Å²) >= 11 is 6.00. The summed E-state index contributed by atoms with van der Waals surface area (Å²) in [5, 5.41) is 16.1. The summed E-state index contributed by atoms with van der Waals surface area (Å²) in [6, 6.07) is 9.76. The number of ether oxygens (including phenoxy) is 2. The Balaban J connectivity index is 1.91. The maximum Gasteiger partial charge on any atom is 0.270 e. The molecule has 2 N–H and O–H groups in total. The lowest BCUT2D eigenvalue weighted by molar-refractivity contribution is -0.384. The number of hydrogen-bond donors (Lipinski definition) is 2. The highest BCUT2D eigenvalue weighted by Gasteiger charge is 2.25. The van der Waals surface area contributed by atoms with E-state index in [1.807, 2.05) is 0 Å². The van der Waals surface area contributed by atoms with Crippen LogP contribution in [0.15, 0.2) is 42.5 Å². The zero-order chi connectivity index (χ0) is 23.0. The molecule has 10 heteroatoms. The number of benzene rings is 2. The molecule has 2 rings (SSSR count). The van der Waals surface area contributed by atoms with Crippen LogP contribution < -0.4 is 20.1 Å². The number of rotatable bonds is 10. The first-order valence-corrected chi connectivity index (χ1v) is 9.90. The van der Waals surface area contributed by atoms with Crippen molar-refractivity contribution in [3.05, 3.63) is 63.2 Å². The van der Waals surface area contributed by atoms with E-state index in [1.165, 1.54) is 12.1 Å². The molecule has 31 heavy (non-hydrogen) atoms. The molecule has 9 nitrogen and oxygen atoms in total. The van der Waals surface area contributed by atoms with Crippen LogP contribution in [0.25, 0.3) is 0 Å². The highest BCUT2D eigenvalue weighted by Crippen LogP contribution is 2.22. The number of carbonyl (C=O) groups excluding carboxylic acids is 2. The van der Waals surface area contributed by atoms with Crippen molar-refractivity contribution in [2.75, 3.05) is 20.3 Å². The molecule has 0 bridgehead atoms. The quantitative estimate of drug-likeness (QED) is 0.326. The Morgan fingerprint density at radius 2 is 1.77 bits per heavy atom. The Kier molecular flexibility index (Phi) is 8.63. The van der Waals surface area contributed by atoms with Crippen molar-refractivity contribution in [2.24, 2.45) is 5.92 Å². The third kappa shape index (κ3) is 6.85. The van der Waals surface area contributed by atoms with Gasteiger partial charge in [0, 0.05) is 12.1 Å². The predicted octanol–water partition coefficient (Wildman–Crippen LogP) is 3.21. The Hall–Kier alpha value is -3.33. The molecular weight excluding hydrogens is 426 g/mol. The fourth-order valence-electron chi connectivity index (χ4n) is 2.68. The number of nitrogens with one attached hydrogen (secondary N) is 2. The molecule has 2 amide bonds. The van der Waals surface area contributed by atoms with Gasteiger partial charge >= 0.3 is 0 Å². The molecule has 2 aromatic carbocycles. The van der Waals surface area contributed by atoms with Gasteiger partial charge in [-0.05, 0) is 36.2 Å². The SMILES string of the molecule is COc1ccc(OCCNC(=O)C(NC(=O)c2ccc([N+](=O)[O-])cc2Cl)C(C)C)cc1. The van der Waals surface area contributed by atoms with Gasteiger partial charge in [-0.1, -0.05) is 25.4 Å². The van der Waals surface area contributed by atoms with E-state index in [9.17, 15) is 19.7 Å². The van der Waals surface area contributed by atoms with Crippen LogP contribution in [0, 0.1) is 16.0 Å². The average Bonchev–Trinajstić information content (AvgIpc) is 2.74. The van der Waals surface area contributed by atoms with E-state index in [0.717, 1.165) is 6.07 Å². The molecule has 0 spiro atoms. The highest BCUT2D eigenvalue weighted by atomic mass is 35.5. The Labute approximate surface area is 184 Å². The highest BCUT2D eigenvalue weighted by molar-refractivity contribution is 6.34. The van der Waals surface area contributed by atoms with E-state index >= 15 is 0 Å². The number of methoxy groups -OCH3 is 1. The van der Waals surface area contributed by atoms with Crippen LogP contribution in [0.5, 0.6) is 11.5 Å². The molecule has 1 unspecified atom stereocenters. The van der Waals surface area contributed by atoms with Gasteiger partial charge in [0.15, 0.2) is 0 Å². The van der Waals surface area contributed by atoms with E-state index in [0.29, 0.717) is 11.5 Å². The van der Waals surface area contributed by atoms with Gasteiger partial charge in [-0.15, -0.1) is 0 Å².